The maximum absolute atomic E-state index is 10.7. The number of non-ortho nitro benzene ring substituents is 1. The van der Waals surface area contributed by atoms with Crippen LogP contribution < -0.4 is 5.73 Å². The molecule has 0 bridgehead atoms. The highest BCUT2D eigenvalue weighted by Gasteiger charge is 2.11. The number of nitro benzene ring substituents is 1. The second kappa shape index (κ2) is 4.57. The van der Waals surface area contributed by atoms with Crippen molar-refractivity contribution in [1.29, 1.82) is 5.41 Å². The van der Waals surface area contributed by atoms with E-state index in [0.29, 0.717) is 21.8 Å². The summed E-state index contributed by atoms with van der Waals surface area (Å²) in [6.45, 7) is 1.72. The molecule has 0 fully saturated rings. The zero-order valence-corrected chi connectivity index (χ0v) is 10.2. The first-order chi connectivity index (χ1) is 8.47. The van der Waals surface area contributed by atoms with E-state index in [1.165, 1.54) is 18.2 Å². The second-order valence-corrected chi connectivity index (χ2v) is 4.54. The number of nitrogens with zero attached hydrogens (tertiary/aromatic N) is 3. The summed E-state index contributed by atoms with van der Waals surface area (Å²) >= 11 is 1.00. The number of rotatable bonds is 2. The Morgan fingerprint density at radius 1 is 1.44 bits per heavy atom. The molecule has 0 saturated heterocycles. The number of nitro groups is 1. The first kappa shape index (κ1) is 12.2. The van der Waals surface area contributed by atoms with Gasteiger partial charge < -0.3 is 5.73 Å². The summed E-state index contributed by atoms with van der Waals surface area (Å²) in [6, 6.07) is 4.27. The molecule has 1 aromatic carbocycles. The molecule has 1 heterocycles. The maximum atomic E-state index is 10.7. The van der Waals surface area contributed by atoms with Crippen molar-refractivity contribution in [3.8, 4) is 0 Å². The van der Waals surface area contributed by atoms with E-state index in [9.17, 15) is 10.1 Å². The zero-order valence-electron chi connectivity index (χ0n) is 9.38. The van der Waals surface area contributed by atoms with Crippen molar-refractivity contribution in [2.24, 2.45) is 5.73 Å². The Labute approximate surface area is 106 Å². The Morgan fingerprint density at radius 2 is 2.17 bits per heavy atom. The molecule has 8 heteroatoms. The number of nitrogens with one attached hydrogen (secondary N) is 1. The fourth-order valence-electron chi connectivity index (χ4n) is 1.43. The van der Waals surface area contributed by atoms with Gasteiger partial charge in [-0.1, -0.05) is 0 Å². The number of benzene rings is 1. The van der Waals surface area contributed by atoms with Gasteiger partial charge in [0.1, 0.15) is 5.03 Å². The number of fused-ring (bicyclic) bond motifs is 1. The molecule has 0 saturated carbocycles. The molecule has 7 nitrogen and oxygen atoms in total. The van der Waals surface area contributed by atoms with Crippen molar-refractivity contribution in [3.05, 3.63) is 34.0 Å². The van der Waals surface area contributed by atoms with E-state index in [-0.39, 0.29) is 10.9 Å². The minimum absolute atomic E-state index is 0.0248. The van der Waals surface area contributed by atoms with Gasteiger partial charge in [-0.15, -0.1) is 0 Å². The van der Waals surface area contributed by atoms with Gasteiger partial charge in [0.15, 0.2) is 5.17 Å². The van der Waals surface area contributed by atoms with Crippen molar-refractivity contribution >= 4 is 33.7 Å². The molecule has 0 atom stereocenters. The van der Waals surface area contributed by atoms with E-state index < -0.39 is 4.92 Å². The monoisotopic (exact) mass is 263 g/mol. The summed E-state index contributed by atoms with van der Waals surface area (Å²) in [5.74, 6) is 0. The lowest BCUT2D eigenvalue weighted by atomic mass is 10.2. The minimum atomic E-state index is -0.477. The van der Waals surface area contributed by atoms with Crippen molar-refractivity contribution < 1.29 is 4.92 Å². The van der Waals surface area contributed by atoms with Crippen LogP contribution in [-0.4, -0.2) is 20.1 Å². The van der Waals surface area contributed by atoms with Crippen LogP contribution in [0.1, 0.15) is 5.69 Å². The topological polar surface area (TPSA) is 119 Å². The number of amidine groups is 1. The molecule has 0 aliphatic carbocycles. The Balaban J connectivity index is 2.56. The minimum Gasteiger partial charge on any atom is -0.378 e. The quantitative estimate of drug-likeness (QED) is 0.280. The predicted octanol–water partition coefficient (Wildman–Crippen LogP) is 1.83. The van der Waals surface area contributed by atoms with Gasteiger partial charge in [-0.2, -0.15) is 0 Å². The molecule has 0 spiro atoms. The van der Waals surface area contributed by atoms with Gasteiger partial charge >= 0.3 is 0 Å². The summed E-state index contributed by atoms with van der Waals surface area (Å²) in [7, 11) is 0. The number of nitrogens with two attached hydrogens (primary N) is 1. The van der Waals surface area contributed by atoms with Crippen LogP contribution in [0.4, 0.5) is 5.69 Å². The third kappa shape index (κ3) is 2.38. The van der Waals surface area contributed by atoms with Gasteiger partial charge in [-0.3, -0.25) is 15.5 Å². The highest BCUT2D eigenvalue weighted by Crippen LogP contribution is 2.23. The Morgan fingerprint density at radius 3 is 2.78 bits per heavy atom. The summed E-state index contributed by atoms with van der Waals surface area (Å²) in [5, 5.41) is 18.3. The lowest BCUT2D eigenvalue weighted by molar-refractivity contribution is -0.384. The SMILES string of the molecule is Cc1nc2cc([N+](=O)[O-])ccc2nc1SC(=N)N. The number of hydrogen-bond donors (Lipinski definition) is 2. The molecule has 0 unspecified atom stereocenters. The van der Waals surface area contributed by atoms with E-state index >= 15 is 0 Å². The first-order valence-electron chi connectivity index (χ1n) is 4.92. The van der Waals surface area contributed by atoms with Crippen LogP contribution in [0.2, 0.25) is 0 Å². The molecule has 1 aromatic heterocycles. The molecular weight excluding hydrogens is 254 g/mol. The Hall–Kier alpha value is -2.22. The van der Waals surface area contributed by atoms with E-state index in [1.54, 1.807) is 6.92 Å². The normalized spacial score (nSPS) is 10.5. The van der Waals surface area contributed by atoms with Crippen molar-refractivity contribution in [2.75, 3.05) is 0 Å². The smallest absolute Gasteiger partial charge is 0.271 e. The Kier molecular flexibility index (Phi) is 3.11. The third-order valence-electron chi connectivity index (χ3n) is 2.20. The molecule has 2 aromatic rings. The van der Waals surface area contributed by atoms with E-state index in [4.69, 9.17) is 11.1 Å². The average Bonchev–Trinajstić information content (AvgIpc) is 2.28. The van der Waals surface area contributed by atoms with Crippen LogP contribution in [0.3, 0.4) is 0 Å². The maximum Gasteiger partial charge on any atom is 0.271 e. The first-order valence-corrected chi connectivity index (χ1v) is 5.73. The summed E-state index contributed by atoms with van der Waals surface area (Å²) < 4.78 is 0. The van der Waals surface area contributed by atoms with Crippen LogP contribution >= 0.6 is 11.8 Å². The Bertz CT molecular complexity index is 658. The van der Waals surface area contributed by atoms with Crippen molar-refractivity contribution in [1.82, 2.24) is 9.97 Å². The molecule has 2 rings (SSSR count). The number of aromatic nitrogens is 2. The van der Waals surface area contributed by atoms with Crippen LogP contribution in [0.15, 0.2) is 23.2 Å². The summed E-state index contributed by atoms with van der Waals surface area (Å²) in [6.07, 6.45) is 0. The van der Waals surface area contributed by atoms with Gasteiger partial charge in [-0.05, 0) is 24.8 Å². The third-order valence-corrected chi connectivity index (χ3v) is 3.00. The molecular formula is C10H9N5O2S. The summed E-state index contributed by atoms with van der Waals surface area (Å²) in [4.78, 5) is 18.7. The second-order valence-electron chi connectivity index (χ2n) is 3.51. The lowest BCUT2D eigenvalue weighted by Gasteiger charge is -2.04. The molecule has 92 valence electrons. The van der Waals surface area contributed by atoms with E-state index in [2.05, 4.69) is 9.97 Å². The van der Waals surface area contributed by atoms with Crippen LogP contribution in [0, 0.1) is 22.4 Å². The van der Waals surface area contributed by atoms with Gasteiger partial charge in [0.05, 0.1) is 21.7 Å². The van der Waals surface area contributed by atoms with Gasteiger partial charge in [0.25, 0.3) is 5.69 Å². The molecule has 0 amide bonds. The van der Waals surface area contributed by atoms with E-state index in [1.807, 2.05) is 0 Å². The number of aryl methyl sites for hydroxylation is 1. The van der Waals surface area contributed by atoms with Crippen molar-refractivity contribution in [2.45, 2.75) is 11.9 Å². The number of thioether (sulfide) groups is 1. The van der Waals surface area contributed by atoms with Crippen LogP contribution in [0.5, 0.6) is 0 Å². The van der Waals surface area contributed by atoms with Gasteiger partial charge in [0, 0.05) is 12.1 Å². The standard InChI is InChI=1S/C10H9N5O2S/c1-5-9(18-10(11)12)14-7-3-2-6(15(16)17)4-8(7)13-5/h2-4H,1H3,(H3,11,12). The summed E-state index contributed by atoms with van der Waals surface area (Å²) in [5.41, 5.74) is 6.84. The highest BCUT2D eigenvalue weighted by molar-refractivity contribution is 8.13. The van der Waals surface area contributed by atoms with Crippen LogP contribution in [-0.2, 0) is 0 Å². The fourth-order valence-corrected chi connectivity index (χ4v) is 1.97. The highest BCUT2D eigenvalue weighted by atomic mass is 32.2. The van der Waals surface area contributed by atoms with E-state index in [0.717, 1.165) is 11.8 Å². The molecule has 18 heavy (non-hydrogen) atoms. The van der Waals surface area contributed by atoms with Gasteiger partial charge in [-0.25, -0.2) is 9.97 Å². The fraction of sp³-hybridized carbons (Fsp3) is 0.100. The average molecular weight is 263 g/mol. The van der Waals surface area contributed by atoms with Gasteiger partial charge in [0.2, 0.25) is 0 Å². The largest absolute Gasteiger partial charge is 0.378 e. The number of hydrogen-bond acceptors (Lipinski definition) is 6. The molecule has 0 aliphatic rings. The lowest BCUT2D eigenvalue weighted by Crippen LogP contribution is -2.05. The predicted molar refractivity (Wildman–Crippen MR) is 68.7 cm³/mol. The molecule has 0 radical (unpaired) electrons. The van der Waals surface area contributed by atoms with Crippen molar-refractivity contribution in [3.63, 3.8) is 0 Å². The molecule has 0 aliphatic heterocycles. The van der Waals surface area contributed by atoms with Crippen LogP contribution in [0.25, 0.3) is 11.0 Å². The zero-order chi connectivity index (χ0) is 13.3. The molecule has 3 N–H and O–H groups in total.